The van der Waals surface area contributed by atoms with Crippen molar-refractivity contribution in [3.8, 4) is 5.75 Å². The lowest BCUT2D eigenvalue weighted by atomic mass is 9.72. The highest BCUT2D eigenvalue weighted by atomic mass is 16.6. The predicted molar refractivity (Wildman–Crippen MR) is 129 cm³/mol. The van der Waals surface area contributed by atoms with E-state index in [9.17, 15) is 4.79 Å². The van der Waals surface area contributed by atoms with E-state index in [-0.39, 0.29) is 55.6 Å². The minimum absolute atomic E-state index is 0.0148. The molecule has 1 spiro atoms. The van der Waals surface area contributed by atoms with Gasteiger partial charge in [0.2, 0.25) is 0 Å². The number of epoxide rings is 1. The zero-order valence-electron chi connectivity index (χ0n) is 20.7. The number of anilines is 1. The van der Waals surface area contributed by atoms with Crippen LogP contribution in [0.5, 0.6) is 5.75 Å². The molecule has 3 rings (SSSR count). The summed E-state index contributed by atoms with van der Waals surface area (Å²) in [4.78, 5) is 12.7. The number of hydrogen-bond donors (Lipinski definition) is 2. The van der Waals surface area contributed by atoms with Crippen LogP contribution < -0.4 is 10.1 Å². The zero-order chi connectivity index (χ0) is 24.6. The maximum absolute atomic E-state index is 12.7. The van der Waals surface area contributed by atoms with E-state index in [0.29, 0.717) is 25.4 Å². The van der Waals surface area contributed by atoms with Gasteiger partial charge in [-0.3, -0.25) is 4.79 Å². The SMILES string of the molecule is CCO[C@H](CC=C(C)C)[C@H]1[C@H](OC)[C@H](OC(=O)CNc2ccc(OCCO)cc2)CC[C@]12CO2. The fraction of sp³-hybridized carbons (Fsp3) is 0.654. The van der Waals surface area contributed by atoms with Crippen LogP contribution in [0.4, 0.5) is 5.69 Å². The minimum Gasteiger partial charge on any atom is -0.491 e. The van der Waals surface area contributed by atoms with E-state index in [2.05, 4.69) is 25.2 Å². The van der Waals surface area contributed by atoms with Gasteiger partial charge < -0.3 is 34.1 Å². The normalized spacial score (nSPS) is 26.6. The van der Waals surface area contributed by atoms with Crippen molar-refractivity contribution in [3.05, 3.63) is 35.9 Å². The van der Waals surface area contributed by atoms with E-state index in [1.807, 2.05) is 19.1 Å². The van der Waals surface area contributed by atoms with Gasteiger partial charge in [-0.1, -0.05) is 11.6 Å². The lowest BCUT2D eigenvalue weighted by molar-refractivity contribution is -0.176. The van der Waals surface area contributed by atoms with Crippen molar-refractivity contribution in [2.45, 2.75) is 63.9 Å². The smallest absolute Gasteiger partial charge is 0.325 e. The molecule has 0 radical (unpaired) electrons. The van der Waals surface area contributed by atoms with Gasteiger partial charge >= 0.3 is 5.97 Å². The third-order valence-electron chi connectivity index (χ3n) is 6.44. The van der Waals surface area contributed by atoms with Crippen LogP contribution in [0.3, 0.4) is 0 Å². The fourth-order valence-corrected chi connectivity index (χ4v) is 4.75. The second-order valence-electron chi connectivity index (χ2n) is 9.11. The number of carbonyl (C=O) groups is 1. The second-order valence-corrected chi connectivity index (χ2v) is 9.11. The summed E-state index contributed by atoms with van der Waals surface area (Å²) in [5.41, 5.74) is 1.76. The highest BCUT2D eigenvalue weighted by Gasteiger charge is 2.61. The molecule has 0 unspecified atom stereocenters. The molecule has 1 saturated carbocycles. The number of aliphatic hydroxyl groups excluding tert-OH is 1. The topological polar surface area (TPSA) is 98.8 Å². The molecule has 34 heavy (non-hydrogen) atoms. The quantitative estimate of drug-likeness (QED) is 0.254. The van der Waals surface area contributed by atoms with Crippen molar-refractivity contribution in [2.75, 3.05) is 45.4 Å². The largest absolute Gasteiger partial charge is 0.491 e. The van der Waals surface area contributed by atoms with E-state index in [1.165, 1.54) is 5.57 Å². The van der Waals surface area contributed by atoms with Crippen LogP contribution in [0.2, 0.25) is 0 Å². The Morgan fingerprint density at radius 1 is 1.32 bits per heavy atom. The highest BCUT2D eigenvalue weighted by molar-refractivity contribution is 5.75. The monoisotopic (exact) mass is 477 g/mol. The summed E-state index contributed by atoms with van der Waals surface area (Å²) >= 11 is 0. The van der Waals surface area contributed by atoms with E-state index < -0.39 is 0 Å². The first kappa shape index (κ1) is 26.5. The lowest BCUT2D eigenvalue weighted by Crippen LogP contribution is -2.55. The van der Waals surface area contributed by atoms with E-state index in [1.54, 1.807) is 19.2 Å². The van der Waals surface area contributed by atoms with Crippen molar-refractivity contribution in [3.63, 3.8) is 0 Å². The van der Waals surface area contributed by atoms with Gasteiger partial charge in [0.15, 0.2) is 0 Å². The molecule has 1 saturated heterocycles. The Morgan fingerprint density at radius 3 is 2.65 bits per heavy atom. The molecule has 1 aliphatic carbocycles. The summed E-state index contributed by atoms with van der Waals surface area (Å²) in [6.07, 6.45) is 3.73. The number of methoxy groups -OCH3 is 1. The first-order valence-corrected chi connectivity index (χ1v) is 12.1. The minimum atomic E-state index is -0.358. The van der Waals surface area contributed by atoms with Crippen LogP contribution in [0.1, 0.15) is 40.0 Å². The molecule has 2 N–H and O–H groups in total. The molecule has 5 atom stereocenters. The van der Waals surface area contributed by atoms with Gasteiger partial charge in [0.1, 0.15) is 31.1 Å². The average molecular weight is 478 g/mol. The molecule has 2 fully saturated rings. The summed E-state index contributed by atoms with van der Waals surface area (Å²) in [6.45, 7) is 7.69. The molecule has 8 nitrogen and oxygen atoms in total. The Labute approximate surface area is 202 Å². The van der Waals surface area contributed by atoms with Crippen LogP contribution >= 0.6 is 0 Å². The van der Waals surface area contributed by atoms with Crippen LogP contribution in [0.15, 0.2) is 35.9 Å². The Kier molecular flexibility index (Phi) is 9.76. The number of carbonyl (C=O) groups excluding carboxylic acids is 1. The Bertz CT molecular complexity index is 802. The summed E-state index contributed by atoms with van der Waals surface area (Å²) in [5.74, 6) is 0.307. The molecule has 190 valence electrons. The molecule has 0 amide bonds. The molecule has 1 aliphatic heterocycles. The first-order chi connectivity index (χ1) is 16.4. The second kappa shape index (κ2) is 12.5. The summed E-state index contributed by atoms with van der Waals surface area (Å²) in [7, 11) is 1.67. The number of rotatable bonds is 13. The zero-order valence-corrected chi connectivity index (χ0v) is 20.7. The summed E-state index contributed by atoms with van der Waals surface area (Å²) in [5, 5.41) is 11.9. The number of esters is 1. The number of aliphatic hydroxyl groups is 1. The van der Waals surface area contributed by atoms with Crippen LogP contribution in [0, 0.1) is 5.92 Å². The number of ether oxygens (including phenoxy) is 5. The number of hydrogen-bond acceptors (Lipinski definition) is 8. The number of allylic oxidation sites excluding steroid dienone is 1. The van der Waals surface area contributed by atoms with Crippen molar-refractivity contribution in [1.29, 1.82) is 0 Å². The molecule has 8 heteroatoms. The van der Waals surface area contributed by atoms with Gasteiger partial charge in [0.25, 0.3) is 0 Å². The Hall–Kier alpha value is -2.13. The molecular formula is C26H39NO7. The molecule has 0 aromatic heterocycles. The van der Waals surface area contributed by atoms with Crippen molar-refractivity contribution >= 4 is 11.7 Å². The van der Waals surface area contributed by atoms with Crippen molar-refractivity contribution < 1.29 is 33.6 Å². The Balaban J connectivity index is 1.61. The summed E-state index contributed by atoms with van der Waals surface area (Å²) in [6, 6.07) is 7.20. The lowest BCUT2D eigenvalue weighted by Gasteiger charge is -2.43. The third kappa shape index (κ3) is 6.95. The van der Waals surface area contributed by atoms with Gasteiger partial charge in [-0.05, 0) is 64.3 Å². The summed E-state index contributed by atoms with van der Waals surface area (Å²) < 4.78 is 29.3. The molecule has 1 aromatic rings. The molecule has 1 aromatic carbocycles. The van der Waals surface area contributed by atoms with Gasteiger partial charge in [-0.2, -0.15) is 0 Å². The molecule has 0 bridgehead atoms. The van der Waals surface area contributed by atoms with Gasteiger partial charge in [0.05, 0.1) is 24.9 Å². The highest BCUT2D eigenvalue weighted by Crippen LogP contribution is 2.50. The molecular weight excluding hydrogens is 438 g/mol. The standard InChI is InChI=1S/C26H39NO7/c1-5-31-21(11-6-18(2)3)24-25(30-4)22(12-13-26(24)17-33-26)34-23(29)16-27-19-7-9-20(10-8-19)32-15-14-28/h6-10,21-22,24-25,27-28H,5,11-17H2,1-4H3/t21-,22-,24+,25-,26+/m1/s1. The van der Waals surface area contributed by atoms with Crippen LogP contribution in [-0.4, -0.2) is 75.1 Å². The van der Waals surface area contributed by atoms with E-state index >= 15 is 0 Å². The van der Waals surface area contributed by atoms with Crippen LogP contribution in [-0.2, 0) is 23.7 Å². The third-order valence-corrected chi connectivity index (χ3v) is 6.44. The fourth-order valence-electron chi connectivity index (χ4n) is 4.75. The maximum Gasteiger partial charge on any atom is 0.325 e. The van der Waals surface area contributed by atoms with E-state index in [4.69, 9.17) is 28.8 Å². The predicted octanol–water partition coefficient (Wildman–Crippen LogP) is 3.34. The van der Waals surface area contributed by atoms with Crippen molar-refractivity contribution in [2.24, 2.45) is 5.92 Å². The first-order valence-electron chi connectivity index (χ1n) is 12.1. The average Bonchev–Trinajstić information content (AvgIpc) is 3.60. The number of nitrogens with one attached hydrogen (secondary N) is 1. The molecule has 2 aliphatic rings. The van der Waals surface area contributed by atoms with Gasteiger partial charge in [-0.15, -0.1) is 0 Å². The van der Waals surface area contributed by atoms with Crippen molar-refractivity contribution in [1.82, 2.24) is 0 Å². The van der Waals surface area contributed by atoms with Gasteiger partial charge in [-0.25, -0.2) is 0 Å². The number of benzene rings is 1. The molecule has 1 heterocycles. The maximum atomic E-state index is 12.7. The van der Waals surface area contributed by atoms with Gasteiger partial charge in [0, 0.05) is 25.3 Å². The van der Waals surface area contributed by atoms with E-state index in [0.717, 1.165) is 18.5 Å². The Morgan fingerprint density at radius 2 is 2.06 bits per heavy atom. The van der Waals surface area contributed by atoms with Crippen LogP contribution in [0.25, 0.3) is 0 Å².